The summed E-state index contributed by atoms with van der Waals surface area (Å²) >= 11 is 1.53. The van der Waals surface area contributed by atoms with Crippen LogP contribution in [0, 0.1) is 5.41 Å². The van der Waals surface area contributed by atoms with Gasteiger partial charge >= 0.3 is 5.97 Å². The van der Waals surface area contributed by atoms with Crippen LogP contribution in [0.25, 0.3) is 33.4 Å². The predicted octanol–water partition coefficient (Wildman–Crippen LogP) is 4.87. The van der Waals surface area contributed by atoms with Gasteiger partial charge in [0.2, 0.25) is 0 Å². The molecular formula is C42H54N8O5S. The highest BCUT2D eigenvalue weighted by atomic mass is 32.1. The lowest BCUT2D eigenvalue weighted by Gasteiger charge is -2.45. The molecule has 1 aromatic carbocycles. The van der Waals surface area contributed by atoms with E-state index < -0.39 is 23.5 Å². The second-order valence-electron chi connectivity index (χ2n) is 17.2. The number of methoxy groups -OCH3 is 2. The number of thiazole rings is 1. The molecule has 3 saturated heterocycles. The van der Waals surface area contributed by atoms with Gasteiger partial charge in [-0.1, -0.05) is 19.9 Å². The van der Waals surface area contributed by atoms with Crippen LogP contribution >= 0.6 is 11.3 Å². The van der Waals surface area contributed by atoms with Crippen LogP contribution < -0.4 is 11.2 Å². The monoisotopic (exact) mass is 782 g/mol. The molecule has 4 aromatic rings. The lowest BCUT2D eigenvalue weighted by atomic mass is 9.84. The van der Waals surface area contributed by atoms with Crippen molar-refractivity contribution in [1.82, 2.24) is 34.8 Å². The SMILES string of the molecule is COC1CN([C@@H]2c3nc(cs3)-c3ccc4c(c3)c(c(-c3cccnc3[C@H](C)OC)n4C3CN(C4CC4)C3)CC(C)(C)COC(=O)[C@@H]3CCCN(N3)C(=O)[C@H]2N)C1. The Balaban J connectivity index is 1.21. The Morgan fingerprint density at radius 2 is 1.86 bits per heavy atom. The van der Waals surface area contributed by atoms with E-state index in [1.54, 1.807) is 14.2 Å². The molecule has 5 aliphatic rings. The Morgan fingerprint density at radius 3 is 2.61 bits per heavy atom. The number of amides is 1. The van der Waals surface area contributed by atoms with Crippen LogP contribution in [0.2, 0.25) is 0 Å². The molecule has 1 aliphatic carbocycles. The summed E-state index contributed by atoms with van der Waals surface area (Å²) in [5, 5.41) is 5.55. The van der Waals surface area contributed by atoms with Gasteiger partial charge in [-0.15, -0.1) is 11.3 Å². The lowest BCUT2D eigenvalue weighted by Crippen LogP contribution is -2.63. The van der Waals surface area contributed by atoms with Crippen molar-refractivity contribution < 1.29 is 23.8 Å². The van der Waals surface area contributed by atoms with E-state index in [0.717, 1.165) is 51.7 Å². The average molecular weight is 783 g/mol. The number of hydrogen-bond donors (Lipinski definition) is 2. The van der Waals surface area contributed by atoms with E-state index in [4.69, 9.17) is 29.9 Å². The number of pyridine rings is 1. The van der Waals surface area contributed by atoms with Crippen molar-refractivity contribution in [3.63, 3.8) is 0 Å². The van der Waals surface area contributed by atoms with E-state index in [2.05, 4.69) is 70.2 Å². The normalized spacial score (nSPS) is 26.1. The van der Waals surface area contributed by atoms with Crippen molar-refractivity contribution in [2.45, 2.75) is 95.3 Å². The molecule has 3 N–H and O–H groups in total. The molecule has 14 heteroatoms. The molecule has 3 aromatic heterocycles. The van der Waals surface area contributed by atoms with E-state index in [-0.39, 0.29) is 30.7 Å². The smallest absolute Gasteiger partial charge is 0.324 e. The zero-order valence-corrected chi connectivity index (χ0v) is 33.9. The number of hydrazine groups is 1. The van der Waals surface area contributed by atoms with Gasteiger partial charge in [0.1, 0.15) is 17.1 Å². The van der Waals surface area contributed by atoms with E-state index in [1.165, 1.54) is 40.3 Å². The molecule has 0 spiro atoms. The molecule has 56 heavy (non-hydrogen) atoms. The minimum Gasteiger partial charge on any atom is -0.464 e. The minimum atomic E-state index is -0.904. The van der Waals surface area contributed by atoms with Crippen LogP contribution in [0.5, 0.6) is 0 Å². The van der Waals surface area contributed by atoms with E-state index >= 15 is 0 Å². The van der Waals surface area contributed by atoms with Crippen molar-refractivity contribution >= 4 is 34.1 Å². The zero-order chi connectivity index (χ0) is 38.9. The average Bonchev–Trinajstić information content (AvgIpc) is 3.81. The van der Waals surface area contributed by atoms with Crippen LogP contribution in [0.1, 0.15) is 80.9 Å². The highest BCUT2D eigenvalue weighted by Gasteiger charge is 2.44. The van der Waals surface area contributed by atoms with Gasteiger partial charge in [0.05, 0.1) is 48.0 Å². The van der Waals surface area contributed by atoms with Gasteiger partial charge in [0, 0.05) is 92.0 Å². The number of nitrogens with two attached hydrogens (primary N) is 1. The van der Waals surface area contributed by atoms with Crippen molar-refractivity contribution in [3.8, 4) is 22.5 Å². The molecule has 4 atom stereocenters. The largest absolute Gasteiger partial charge is 0.464 e. The van der Waals surface area contributed by atoms with Gasteiger partial charge < -0.3 is 24.5 Å². The predicted molar refractivity (Wildman–Crippen MR) is 215 cm³/mol. The number of cyclic esters (lactones) is 1. The molecule has 0 unspecified atom stereocenters. The summed E-state index contributed by atoms with van der Waals surface area (Å²) < 4.78 is 20.2. The summed E-state index contributed by atoms with van der Waals surface area (Å²) in [6.45, 7) is 10.3. The standard InChI is InChI=1S/C42H54N8O5S/c1-24(53-4)36-29(8-6-14-44-36)37-31-17-42(2,3)23-55-41(52)32-9-7-15-49(46-32)40(51)35(43)38(48-20-28(21-48)54-5)39-45-33(22-56-39)25-10-13-34(30(31)16-25)50(37)27-18-47(19-27)26-11-12-26/h6,8,10,13-14,16,22,24,26-28,32,35,38,46H,7,9,11-12,15,17-21,23,43H2,1-5H3/t24-,32-,35-,38-/m0/s1. The Bertz CT molecular complexity index is 2120. The molecule has 13 nitrogen and oxygen atoms in total. The second-order valence-corrected chi connectivity index (χ2v) is 18.1. The summed E-state index contributed by atoms with van der Waals surface area (Å²) in [4.78, 5) is 42.8. The minimum absolute atomic E-state index is 0.0691. The number of rotatable bonds is 7. The van der Waals surface area contributed by atoms with Crippen molar-refractivity contribution in [3.05, 3.63) is 58.2 Å². The van der Waals surface area contributed by atoms with Crippen LogP contribution in [0.15, 0.2) is 41.9 Å². The van der Waals surface area contributed by atoms with Gasteiger partial charge in [0.15, 0.2) is 0 Å². The van der Waals surface area contributed by atoms with E-state index in [1.807, 2.05) is 12.3 Å². The maximum absolute atomic E-state index is 14.1. The topological polar surface area (TPSA) is 140 Å². The molecule has 7 heterocycles. The van der Waals surface area contributed by atoms with E-state index in [9.17, 15) is 9.59 Å². The highest BCUT2D eigenvalue weighted by Crippen LogP contribution is 2.46. The molecule has 1 amide bonds. The van der Waals surface area contributed by atoms with Crippen LogP contribution in [0.3, 0.4) is 0 Å². The molecule has 4 aliphatic heterocycles. The van der Waals surface area contributed by atoms with Crippen molar-refractivity contribution in [1.29, 1.82) is 0 Å². The third kappa shape index (κ3) is 6.86. The number of aromatic nitrogens is 3. The quantitative estimate of drug-likeness (QED) is 0.248. The Kier molecular flexibility index (Phi) is 10.0. The maximum atomic E-state index is 14.1. The van der Waals surface area contributed by atoms with E-state index in [0.29, 0.717) is 51.0 Å². The van der Waals surface area contributed by atoms with Crippen molar-refractivity contribution in [2.75, 3.05) is 53.6 Å². The van der Waals surface area contributed by atoms with Gasteiger partial charge in [0.25, 0.3) is 5.91 Å². The third-order valence-electron chi connectivity index (χ3n) is 12.6. The van der Waals surface area contributed by atoms with Crippen molar-refractivity contribution in [2.24, 2.45) is 11.1 Å². The number of likely N-dealkylation sites (tertiary alicyclic amines) is 2. The van der Waals surface area contributed by atoms with Gasteiger partial charge in [-0.2, -0.15) is 0 Å². The molecule has 6 bridgehead atoms. The summed E-state index contributed by atoms with van der Waals surface area (Å²) in [6.07, 6.45) is 6.13. The lowest BCUT2D eigenvalue weighted by molar-refractivity contribution is -0.155. The summed E-state index contributed by atoms with van der Waals surface area (Å²) in [7, 11) is 3.44. The summed E-state index contributed by atoms with van der Waals surface area (Å²) in [5.41, 5.74) is 17.0. The number of nitrogens with zero attached hydrogens (tertiary/aromatic N) is 6. The molecule has 1 saturated carbocycles. The fourth-order valence-electron chi connectivity index (χ4n) is 9.10. The van der Waals surface area contributed by atoms with Gasteiger partial charge in [-0.05, 0) is 68.9 Å². The number of esters is 1. The molecular weight excluding hydrogens is 729 g/mol. The molecule has 4 fully saturated rings. The Labute approximate surface area is 332 Å². The maximum Gasteiger partial charge on any atom is 0.324 e. The zero-order valence-electron chi connectivity index (χ0n) is 33.1. The first-order valence-corrected chi connectivity index (χ1v) is 21.0. The number of hydrogen-bond acceptors (Lipinski definition) is 12. The van der Waals surface area contributed by atoms with Gasteiger partial charge in [-0.25, -0.2) is 10.4 Å². The van der Waals surface area contributed by atoms with Gasteiger partial charge in [-0.3, -0.25) is 29.4 Å². The Hall–Kier alpha value is -3.76. The summed E-state index contributed by atoms with van der Waals surface area (Å²) in [5.74, 6) is -0.625. The number of carbonyl (C=O) groups excluding carboxylic acids is 2. The fraction of sp³-hybridized carbons (Fsp3) is 0.571. The number of fused-ring (bicyclic) bond motifs is 6. The number of nitrogens with one attached hydrogen (secondary N) is 1. The first-order valence-electron chi connectivity index (χ1n) is 20.1. The Morgan fingerprint density at radius 1 is 1.05 bits per heavy atom. The first-order chi connectivity index (χ1) is 27.0. The van der Waals surface area contributed by atoms with Crippen LogP contribution in [0.4, 0.5) is 0 Å². The second kappa shape index (κ2) is 14.9. The molecule has 9 rings (SSSR count). The first kappa shape index (κ1) is 37.8. The number of ether oxygens (including phenoxy) is 3. The third-order valence-corrected chi connectivity index (χ3v) is 13.5. The molecule has 0 radical (unpaired) electrons. The van der Waals surface area contributed by atoms with Crippen LogP contribution in [-0.2, 0) is 30.2 Å². The van der Waals surface area contributed by atoms with Crippen LogP contribution in [-0.4, -0.2) is 119 Å². The number of carbonyl (C=O) groups is 2. The highest BCUT2D eigenvalue weighted by molar-refractivity contribution is 7.10. The fourth-order valence-corrected chi connectivity index (χ4v) is 10.1. The summed E-state index contributed by atoms with van der Waals surface area (Å²) in [6, 6.07) is 9.89. The molecule has 298 valence electrons. The number of benzene rings is 1.